The highest BCUT2D eigenvalue weighted by atomic mass is 15.0. The van der Waals surface area contributed by atoms with E-state index in [1.54, 1.807) is 0 Å². The van der Waals surface area contributed by atoms with Crippen molar-refractivity contribution < 1.29 is 0 Å². The molecule has 0 bridgehead atoms. The molecule has 0 aliphatic rings. The molecule has 1 heterocycles. The number of hydrogen-bond acceptors (Lipinski definition) is 2. The average molecular weight is 179 g/mol. The van der Waals surface area contributed by atoms with Crippen LogP contribution in [0.4, 0.5) is 0 Å². The molecule has 0 amide bonds. The standard InChI is InChI=1S/C10H17N3/c1-11-7-5-3-4-6-10-12-8-9-13(10)2/h3-4,8-9,11H,5-7H2,1-2H3. The number of rotatable bonds is 5. The maximum atomic E-state index is 4.23. The van der Waals surface area contributed by atoms with Crippen molar-refractivity contribution in [2.45, 2.75) is 12.8 Å². The fourth-order valence-corrected chi connectivity index (χ4v) is 1.13. The lowest BCUT2D eigenvalue weighted by Gasteiger charge is -1.96. The Balaban J connectivity index is 2.26. The van der Waals surface area contributed by atoms with Crippen LogP contribution in [-0.2, 0) is 13.5 Å². The number of nitrogens with one attached hydrogen (secondary N) is 1. The molecule has 0 saturated carbocycles. The zero-order chi connectivity index (χ0) is 9.52. The maximum absolute atomic E-state index is 4.23. The summed E-state index contributed by atoms with van der Waals surface area (Å²) < 4.78 is 2.04. The first kappa shape index (κ1) is 9.99. The Morgan fingerprint density at radius 1 is 1.54 bits per heavy atom. The third-order valence-corrected chi connectivity index (χ3v) is 1.95. The Morgan fingerprint density at radius 2 is 2.38 bits per heavy atom. The van der Waals surface area contributed by atoms with Crippen molar-refractivity contribution in [2.75, 3.05) is 13.6 Å². The van der Waals surface area contributed by atoms with Crippen molar-refractivity contribution in [3.63, 3.8) is 0 Å². The Labute approximate surface area is 79.5 Å². The molecule has 0 saturated heterocycles. The normalized spacial score (nSPS) is 11.2. The van der Waals surface area contributed by atoms with Crippen LogP contribution in [0.5, 0.6) is 0 Å². The Kier molecular flexibility index (Phi) is 4.26. The summed E-state index contributed by atoms with van der Waals surface area (Å²) in [5, 5.41) is 3.10. The van der Waals surface area contributed by atoms with Gasteiger partial charge in [-0.1, -0.05) is 12.2 Å². The summed E-state index contributed by atoms with van der Waals surface area (Å²) in [4.78, 5) is 4.23. The summed E-state index contributed by atoms with van der Waals surface area (Å²) in [5.41, 5.74) is 0. The molecule has 3 nitrogen and oxygen atoms in total. The van der Waals surface area contributed by atoms with Gasteiger partial charge in [0.25, 0.3) is 0 Å². The van der Waals surface area contributed by atoms with Crippen LogP contribution in [0.15, 0.2) is 24.5 Å². The van der Waals surface area contributed by atoms with Crippen LogP contribution in [0.2, 0.25) is 0 Å². The fourth-order valence-electron chi connectivity index (χ4n) is 1.13. The van der Waals surface area contributed by atoms with E-state index < -0.39 is 0 Å². The maximum Gasteiger partial charge on any atom is 0.112 e. The van der Waals surface area contributed by atoms with E-state index >= 15 is 0 Å². The Bertz CT molecular complexity index is 263. The number of aryl methyl sites for hydroxylation is 1. The van der Waals surface area contributed by atoms with E-state index in [0.717, 1.165) is 25.2 Å². The molecule has 0 unspecified atom stereocenters. The molecule has 0 atom stereocenters. The van der Waals surface area contributed by atoms with Crippen molar-refractivity contribution >= 4 is 0 Å². The van der Waals surface area contributed by atoms with Crippen LogP contribution in [0, 0.1) is 0 Å². The summed E-state index contributed by atoms with van der Waals surface area (Å²) in [6, 6.07) is 0. The summed E-state index contributed by atoms with van der Waals surface area (Å²) in [6.07, 6.45) is 10.2. The SMILES string of the molecule is CNCCC=CCc1nccn1C. The first-order valence-electron chi connectivity index (χ1n) is 4.60. The molecule has 1 rings (SSSR count). The topological polar surface area (TPSA) is 29.9 Å². The predicted octanol–water partition coefficient (Wildman–Crippen LogP) is 1.13. The smallest absolute Gasteiger partial charge is 0.112 e. The summed E-state index contributed by atoms with van der Waals surface area (Å²) in [7, 11) is 3.98. The largest absolute Gasteiger partial charge is 0.338 e. The predicted molar refractivity (Wildman–Crippen MR) is 54.6 cm³/mol. The molecule has 1 aromatic heterocycles. The molecular weight excluding hydrogens is 162 g/mol. The number of hydrogen-bond donors (Lipinski definition) is 1. The van der Waals surface area contributed by atoms with E-state index in [1.807, 2.05) is 31.1 Å². The highest BCUT2D eigenvalue weighted by molar-refractivity contribution is 4.98. The second kappa shape index (κ2) is 5.54. The summed E-state index contributed by atoms with van der Waals surface area (Å²) >= 11 is 0. The van der Waals surface area contributed by atoms with E-state index in [-0.39, 0.29) is 0 Å². The Hall–Kier alpha value is -1.09. The van der Waals surface area contributed by atoms with Crippen molar-refractivity contribution in [1.29, 1.82) is 0 Å². The number of allylic oxidation sites excluding steroid dienone is 1. The first-order chi connectivity index (χ1) is 6.34. The minimum atomic E-state index is 0.924. The molecule has 1 N–H and O–H groups in total. The van der Waals surface area contributed by atoms with Crippen LogP contribution in [-0.4, -0.2) is 23.1 Å². The van der Waals surface area contributed by atoms with Crippen molar-refractivity contribution in [3.8, 4) is 0 Å². The highest BCUT2D eigenvalue weighted by Gasteiger charge is 1.93. The second-order valence-corrected chi connectivity index (χ2v) is 3.02. The van der Waals surface area contributed by atoms with E-state index in [9.17, 15) is 0 Å². The zero-order valence-electron chi connectivity index (χ0n) is 8.33. The van der Waals surface area contributed by atoms with Gasteiger partial charge in [-0.2, -0.15) is 0 Å². The molecule has 0 aromatic carbocycles. The quantitative estimate of drug-likeness (QED) is 0.542. The average Bonchev–Trinajstić information content (AvgIpc) is 2.52. The number of nitrogens with zero attached hydrogens (tertiary/aromatic N) is 2. The van der Waals surface area contributed by atoms with Crippen molar-refractivity contribution in [3.05, 3.63) is 30.4 Å². The molecule has 3 heteroatoms. The van der Waals surface area contributed by atoms with E-state index in [1.165, 1.54) is 0 Å². The Morgan fingerprint density at radius 3 is 3.00 bits per heavy atom. The van der Waals surface area contributed by atoms with Gasteiger partial charge in [-0.05, 0) is 20.0 Å². The van der Waals surface area contributed by atoms with Gasteiger partial charge in [0.2, 0.25) is 0 Å². The fraction of sp³-hybridized carbons (Fsp3) is 0.500. The van der Waals surface area contributed by atoms with Crippen LogP contribution in [0.25, 0.3) is 0 Å². The van der Waals surface area contributed by atoms with Gasteiger partial charge in [0.05, 0.1) is 0 Å². The zero-order valence-corrected chi connectivity index (χ0v) is 8.33. The van der Waals surface area contributed by atoms with Gasteiger partial charge in [0.1, 0.15) is 5.82 Å². The monoisotopic (exact) mass is 179 g/mol. The van der Waals surface area contributed by atoms with E-state index in [2.05, 4.69) is 22.5 Å². The van der Waals surface area contributed by atoms with E-state index in [0.29, 0.717) is 0 Å². The van der Waals surface area contributed by atoms with Crippen LogP contribution in [0.3, 0.4) is 0 Å². The third kappa shape index (κ3) is 3.42. The minimum Gasteiger partial charge on any atom is -0.338 e. The van der Waals surface area contributed by atoms with Gasteiger partial charge >= 0.3 is 0 Å². The van der Waals surface area contributed by atoms with Gasteiger partial charge in [-0.3, -0.25) is 0 Å². The highest BCUT2D eigenvalue weighted by Crippen LogP contribution is 1.96. The third-order valence-electron chi connectivity index (χ3n) is 1.95. The molecule has 1 aromatic rings. The van der Waals surface area contributed by atoms with Crippen molar-refractivity contribution in [2.24, 2.45) is 7.05 Å². The van der Waals surface area contributed by atoms with Crippen LogP contribution >= 0.6 is 0 Å². The minimum absolute atomic E-state index is 0.924. The first-order valence-corrected chi connectivity index (χ1v) is 4.60. The van der Waals surface area contributed by atoms with Gasteiger partial charge in [-0.25, -0.2) is 4.98 Å². The lowest BCUT2D eigenvalue weighted by molar-refractivity contribution is 0.801. The summed E-state index contributed by atoms with van der Waals surface area (Å²) in [6.45, 7) is 1.04. The van der Waals surface area contributed by atoms with Crippen LogP contribution < -0.4 is 5.32 Å². The molecule has 0 spiro atoms. The lowest BCUT2D eigenvalue weighted by Crippen LogP contribution is -2.05. The van der Waals surface area contributed by atoms with Gasteiger partial charge in [0, 0.05) is 25.9 Å². The molecule has 13 heavy (non-hydrogen) atoms. The van der Waals surface area contributed by atoms with Gasteiger partial charge < -0.3 is 9.88 Å². The van der Waals surface area contributed by atoms with Gasteiger partial charge in [-0.15, -0.1) is 0 Å². The van der Waals surface area contributed by atoms with Crippen molar-refractivity contribution in [1.82, 2.24) is 14.9 Å². The molecule has 0 fully saturated rings. The van der Waals surface area contributed by atoms with E-state index in [4.69, 9.17) is 0 Å². The molecule has 72 valence electrons. The van der Waals surface area contributed by atoms with Gasteiger partial charge in [0.15, 0.2) is 0 Å². The molecule has 0 radical (unpaired) electrons. The second-order valence-electron chi connectivity index (χ2n) is 3.02. The number of aromatic nitrogens is 2. The lowest BCUT2D eigenvalue weighted by atomic mass is 10.3. The molecule has 0 aliphatic carbocycles. The molecule has 0 aliphatic heterocycles. The van der Waals surface area contributed by atoms with Crippen LogP contribution in [0.1, 0.15) is 12.2 Å². The summed E-state index contributed by atoms with van der Waals surface area (Å²) in [5.74, 6) is 1.11. The molecular formula is C10H17N3. The number of imidazole rings is 1.